The summed E-state index contributed by atoms with van der Waals surface area (Å²) < 4.78 is 13.6. The van der Waals surface area contributed by atoms with Crippen LogP contribution in [0.4, 0.5) is 9.52 Å². The molecule has 1 N–H and O–H groups in total. The zero-order valence-corrected chi connectivity index (χ0v) is 17.3. The molecule has 0 aliphatic heterocycles. The van der Waals surface area contributed by atoms with Crippen molar-refractivity contribution in [2.75, 3.05) is 18.1 Å². The number of halogens is 1. The molecular weight excluding hydrogens is 397 g/mol. The van der Waals surface area contributed by atoms with E-state index in [9.17, 15) is 14.4 Å². The molecule has 3 rings (SSSR count). The molecule has 0 unspecified atom stereocenters. The lowest BCUT2D eigenvalue weighted by Gasteiger charge is -2.38. The molecule has 1 aromatic carbocycles. The van der Waals surface area contributed by atoms with Crippen LogP contribution in [-0.2, 0) is 11.3 Å². The van der Waals surface area contributed by atoms with Crippen LogP contribution in [0, 0.1) is 17.1 Å². The summed E-state index contributed by atoms with van der Waals surface area (Å²) in [5.74, 6) is -0.101. The number of hydrogen-bond donors (Lipinski definition) is 1. The van der Waals surface area contributed by atoms with Crippen LogP contribution in [0.1, 0.15) is 37.7 Å². The molecule has 0 radical (unpaired) electrons. The maximum absolute atomic E-state index is 12.9. The van der Waals surface area contributed by atoms with Gasteiger partial charge in [-0.05, 0) is 30.5 Å². The van der Waals surface area contributed by atoms with Gasteiger partial charge in [-0.2, -0.15) is 5.26 Å². The Balaban J connectivity index is 1.50. The van der Waals surface area contributed by atoms with Gasteiger partial charge in [0.15, 0.2) is 4.34 Å². The summed E-state index contributed by atoms with van der Waals surface area (Å²) >= 11 is 2.70. The highest BCUT2D eigenvalue weighted by Crippen LogP contribution is 2.33. The molecule has 1 saturated carbocycles. The molecule has 6 nitrogen and oxygen atoms in total. The van der Waals surface area contributed by atoms with Crippen molar-refractivity contribution in [3.05, 3.63) is 35.6 Å². The Labute approximate surface area is 172 Å². The first-order valence-corrected chi connectivity index (χ1v) is 11.0. The number of nitrogens with zero attached hydrogens (tertiary/aromatic N) is 4. The van der Waals surface area contributed by atoms with Crippen molar-refractivity contribution in [2.24, 2.45) is 0 Å². The molecule has 0 bridgehead atoms. The van der Waals surface area contributed by atoms with Crippen molar-refractivity contribution >= 4 is 34.1 Å². The van der Waals surface area contributed by atoms with Gasteiger partial charge in [-0.25, -0.2) is 4.39 Å². The quantitative estimate of drug-likeness (QED) is 0.682. The topological polar surface area (TPSA) is 81.9 Å². The monoisotopic (exact) mass is 419 g/mol. The third-order valence-corrected chi connectivity index (χ3v) is 6.99. The number of nitriles is 1. The van der Waals surface area contributed by atoms with Crippen LogP contribution < -0.4 is 5.32 Å². The van der Waals surface area contributed by atoms with E-state index in [2.05, 4.69) is 21.6 Å². The van der Waals surface area contributed by atoms with Crippen LogP contribution >= 0.6 is 23.1 Å². The number of hydrogen-bond acceptors (Lipinski definition) is 7. The van der Waals surface area contributed by atoms with E-state index in [1.807, 2.05) is 0 Å². The molecule has 1 aromatic heterocycles. The van der Waals surface area contributed by atoms with Crippen LogP contribution in [0.25, 0.3) is 0 Å². The number of carbonyl (C=O) groups is 1. The Morgan fingerprint density at radius 1 is 1.32 bits per heavy atom. The van der Waals surface area contributed by atoms with Gasteiger partial charge in [-0.1, -0.05) is 54.5 Å². The summed E-state index contributed by atoms with van der Waals surface area (Å²) in [6, 6.07) is 8.63. The predicted octanol–water partition coefficient (Wildman–Crippen LogP) is 4.07. The van der Waals surface area contributed by atoms with Gasteiger partial charge >= 0.3 is 0 Å². The van der Waals surface area contributed by atoms with Crippen LogP contribution in [-0.4, -0.2) is 39.3 Å². The van der Waals surface area contributed by atoms with E-state index in [1.54, 1.807) is 24.1 Å². The van der Waals surface area contributed by atoms with Crippen LogP contribution in [0.3, 0.4) is 0 Å². The summed E-state index contributed by atoms with van der Waals surface area (Å²) in [6.45, 7) is 0.520. The average molecular weight is 420 g/mol. The number of anilines is 1. The largest absolute Gasteiger partial charge is 0.356 e. The molecule has 1 aliphatic rings. The lowest BCUT2D eigenvalue weighted by molar-refractivity contribution is -0.131. The fourth-order valence-corrected chi connectivity index (χ4v) is 4.90. The number of rotatable bonds is 7. The van der Waals surface area contributed by atoms with E-state index >= 15 is 0 Å². The van der Waals surface area contributed by atoms with Gasteiger partial charge in [0, 0.05) is 13.6 Å². The van der Waals surface area contributed by atoms with Crippen LogP contribution in [0.5, 0.6) is 0 Å². The van der Waals surface area contributed by atoms with E-state index < -0.39 is 5.54 Å². The Morgan fingerprint density at radius 3 is 2.71 bits per heavy atom. The Kier molecular flexibility index (Phi) is 6.86. The number of carbonyl (C=O) groups excluding carboxylic acids is 1. The number of amides is 1. The SMILES string of the molecule is CN(C(=O)CSc1nnc(NCc2ccc(F)cc2)s1)C1(C#N)CCCCC1. The zero-order valence-electron chi connectivity index (χ0n) is 15.7. The van der Waals surface area contributed by atoms with Gasteiger partial charge in [-0.15, -0.1) is 10.2 Å². The lowest BCUT2D eigenvalue weighted by atomic mass is 9.81. The van der Waals surface area contributed by atoms with E-state index in [-0.39, 0.29) is 17.5 Å². The molecule has 9 heteroatoms. The highest BCUT2D eigenvalue weighted by atomic mass is 32.2. The van der Waals surface area contributed by atoms with Gasteiger partial charge < -0.3 is 10.2 Å². The van der Waals surface area contributed by atoms with Gasteiger partial charge in [0.1, 0.15) is 11.4 Å². The molecule has 1 amide bonds. The number of thioether (sulfide) groups is 1. The average Bonchev–Trinajstić information content (AvgIpc) is 3.19. The zero-order chi connectivity index (χ0) is 20.0. The minimum atomic E-state index is -0.668. The van der Waals surface area contributed by atoms with Gasteiger partial charge in [-0.3, -0.25) is 4.79 Å². The molecule has 1 fully saturated rings. The van der Waals surface area contributed by atoms with E-state index in [0.29, 0.717) is 16.0 Å². The molecular formula is C19H22FN5OS2. The Morgan fingerprint density at radius 2 is 2.04 bits per heavy atom. The molecule has 0 saturated heterocycles. The number of benzene rings is 1. The molecule has 0 spiro atoms. The second-order valence-corrected chi connectivity index (χ2v) is 9.00. The smallest absolute Gasteiger partial charge is 0.234 e. The minimum absolute atomic E-state index is 0.0653. The highest BCUT2D eigenvalue weighted by Gasteiger charge is 2.38. The second kappa shape index (κ2) is 9.34. The van der Waals surface area contributed by atoms with E-state index in [1.165, 1.54) is 35.2 Å². The molecule has 0 atom stereocenters. The molecule has 148 valence electrons. The summed E-state index contributed by atoms with van der Waals surface area (Å²) in [4.78, 5) is 14.2. The second-order valence-electron chi connectivity index (χ2n) is 6.80. The number of nitrogens with one attached hydrogen (secondary N) is 1. The minimum Gasteiger partial charge on any atom is -0.356 e. The standard InChI is InChI=1S/C19H22FN5OS2/c1-25(19(13-21)9-3-2-4-10-19)16(26)12-27-18-24-23-17(28-18)22-11-14-5-7-15(20)8-6-14/h5-8H,2-4,9-12H2,1H3,(H,22,23). The lowest BCUT2D eigenvalue weighted by Crippen LogP contribution is -2.50. The van der Waals surface area contributed by atoms with Crippen molar-refractivity contribution in [2.45, 2.75) is 48.5 Å². The van der Waals surface area contributed by atoms with Crippen molar-refractivity contribution in [1.82, 2.24) is 15.1 Å². The van der Waals surface area contributed by atoms with Crippen molar-refractivity contribution < 1.29 is 9.18 Å². The first-order valence-electron chi connectivity index (χ1n) is 9.15. The van der Waals surface area contributed by atoms with Crippen LogP contribution in [0.15, 0.2) is 28.6 Å². The third kappa shape index (κ3) is 5.00. The van der Waals surface area contributed by atoms with Gasteiger partial charge in [0.05, 0.1) is 11.8 Å². The summed E-state index contributed by atoms with van der Waals surface area (Å²) in [5, 5.41) is 21.6. The fourth-order valence-electron chi connectivity index (χ4n) is 3.24. The maximum atomic E-state index is 12.9. The number of aromatic nitrogens is 2. The van der Waals surface area contributed by atoms with Crippen molar-refractivity contribution in [3.8, 4) is 6.07 Å². The highest BCUT2D eigenvalue weighted by molar-refractivity contribution is 8.01. The molecule has 2 aromatic rings. The first kappa shape index (κ1) is 20.6. The maximum Gasteiger partial charge on any atom is 0.234 e. The third-order valence-electron chi connectivity index (χ3n) is 4.99. The first-order chi connectivity index (χ1) is 13.5. The summed E-state index contributed by atoms with van der Waals surface area (Å²) in [5.41, 5.74) is 0.274. The van der Waals surface area contributed by atoms with E-state index in [4.69, 9.17) is 0 Å². The van der Waals surface area contributed by atoms with Crippen LogP contribution in [0.2, 0.25) is 0 Å². The van der Waals surface area contributed by atoms with Crippen molar-refractivity contribution in [3.63, 3.8) is 0 Å². The van der Waals surface area contributed by atoms with Gasteiger partial charge in [0.2, 0.25) is 11.0 Å². The predicted molar refractivity (Wildman–Crippen MR) is 109 cm³/mol. The summed E-state index contributed by atoms with van der Waals surface area (Å²) in [6.07, 6.45) is 4.58. The summed E-state index contributed by atoms with van der Waals surface area (Å²) in [7, 11) is 1.73. The molecule has 1 aliphatic carbocycles. The normalized spacial score (nSPS) is 15.6. The van der Waals surface area contributed by atoms with Gasteiger partial charge in [0.25, 0.3) is 0 Å². The van der Waals surface area contributed by atoms with Crippen molar-refractivity contribution in [1.29, 1.82) is 5.26 Å². The fraction of sp³-hybridized carbons (Fsp3) is 0.474. The van der Waals surface area contributed by atoms with E-state index in [0.717, 1.165) is 37.7 Å². The molecule has 1 heterocycles. The Bertz CT molecular complexity index is 843. The Hall–Kier alpha value is -2.18. The molecule has 28 heavy (non-hydrogen) atoms.